The molecule has 0 saturated carbocycles. The fourth-order valence-corrected chi connectivity index (χ4v) is 2.76. The molecule has 1 aromatic carbocycles. The van der Waals surface area contributed by atoms with Gasteiger partial charge < -0.3 is 13.9 Å². The van der Waals surface area contributed by atoms with E-state index in [2.05, 4.69) is 4.72 Å². The fraction of sp³-hybridized carbons (Fsp3) is 0.462. The number of oxazole rings is 1. The number of fused-ring (bicyclic) bond motifs is 1. The van der Waals surface area contributed by atoms with Gasteiger partial charge in [-0.3, -0.25) is 9.29 Å². The third-order valence-electron chi connectivity index (χ3n) is 2.99. The molecule has 0 aliphatic rings. The van der Waals surface area contributed by atoms with E-state index in [9.17, 15) is 13.2 Å². The quantitative estimate of drug-likeness (QED) is 0.709. The van der Waals surface area contributed by atoms with E-state index in [1.165, 1.54) is 10.6 Å². The second-order valence-electron chi connectivity index (χ2n) is 4.64. The van der Waals surface area contributed by atoms with Gasteiger partial charge in [0.25, 0.3) is 0 Å². The Hall–Kier alpha value is -1.84. The molecule has 8 nitrogen and oxygen atoms in total. The Labute approximate surface area is 127 Å². The molecule has 0 radical (unpaired) electrons. The summed E-state index contributed by atoms with van der Waals surface area (Å²) in [6.07, 6.45) is 0. The number of aryl methyl sites for hydroxylation is 1. The van der Waals surface area contributed by atoms with Crippen molar-refractivity contribution in [1.82, 2.24) is 4.57 Å². The van der Waals surface area contributed by atoms with Crippen LogP contribution in [0.25, 0.3) is 11.1 Å². The molecular formula is C13H18N2O6S. The molecule has 2 rings (SSSR count). The number of ether oxygens (including phenoxy) is 2. The van der Waals surface area contributed by atoms with E-state index < -0.39 is 15.8 Å². The minimum Gasteiger partial charge on any atom is -0.408 e. The third kappa shape index (κ3) is 4.09. The fourth-order valence-electron chi connectivity index (χ4n) is 1.83. The first-order valence-electron chi connectivity index (χ1n) is 6.60. The van der Waals surface area contributed by atoms with Crippen molar-refractivity contribution in [2.75, 3.05) is 37.4 Å². The maximum atomic E-state index is 11.9. The van der Waals surface area contributed by atoms with Gasteiger partial charge in [0, 0.05) is 14.2 Å². The molecule has 0 aliphatic carbocycles. The molecule has 0 saturated heterocycles. The normalized spacial score (nSPS) is 11.9. The second kappa shape index (κ2) is 6.95. The summed E-state index contributed by atoms with van der Waals surface area (Å²) >= 11 is 0. The van der Waals surface area contributed by atoms with Crippen molar-refractivity contribution in [3.63, 3.8) is 0 Å². The number of hydrogen-bond donors (Lipinski definition) is 1. The lowest BCUT2D eigenvalue weighted by molar-refractivity contribution is 0.0785. The van der Waals surface area contributed by atoms with Crippen molar-refractivity contribution in [2.45, 2.75) is 0 Å². The van der Waals surface area contributed by atoms with Gasteiger partial charge in [-0.05, 0) is 18.2 Å². The monoisotopic (exact) mass is 330 g/mol. The van der Waals surface area contributed by atoms with Gasteiger partial charge in [-0.2, -0.15) is 0 Å². The summed E-state index contributed by atoms with van der Waals surface area (Å²) in [6.45, 7) is 0.832. The summed E-state index contributed by atoms with van der Waals surface area (Å²) in [7, 11) is -0.436. The molecule has 0 bridgehead atoms. The summed E-state index contributed by atoms with van der Waals surface area (Å²) in [6, 6.07) is 4.63. The number of nitrogens with zero attached hydrogens (tertiary/aromatic N) is 1. The number of sulfonamides is 1. The van der Waals surface area contributed by atoms with Crippen LogP contribution in [0.15, 0.2) is 27.4 Å². The highest BCUT2D eigenvalue weighted by atomic mass is 32.2. The molecule has 0 atom stereocenters. The highest BCUT2D eigenvalue weighted by molar-refractivity contribution is 7.92. The number of aromatic nitrogens is 1. The maximum absolute atomic E-state index is 11.9. The predicted molar refractivity (Wildman–Crippen MR) is 81.6 cm³/mol. The van der Waals surface area contributed by atoms with Crippen LogP contribution in [-0.4, -0.2) is 45.7 Å². The SMILES string of the molecule is COCCOCCS(=O)(=O)Nc1ccc2oc(=O)n(C)c2c1. The Kier molecular flexibility index (Phi) is 5.22. The summed E-state index contributed by atoms with van der Waals surface area (Å²) in [5.41, 5.74) is 1.28. The Morgan fingerprint density at radius 2 is 2.05 bits per heavy atom. The first-order valence-corrected chi connectivity index (χ1v) is 8.25. The lowest BCUT2D eigenvalue weighted by Crippen LogP contribution is -2.21. The molecule has 0 spiro atoms. The minimum atomic E-state index is -3.53. The van der Waals surface area contributed by atoms with Crippen LogP contribution < -0.4 is 10.5 Å². The average molecular weight is 330 g/mol. The van der Waals surface area contributed by atoms with Crippen LogP contribution >= 0.6 is 0 Å². The smallest absolute Gasteiger partial charge is 0.408 e. The molecule has 0 aliphatic heterocycles. The van der Waals surface area contributed by atoms with Gasteiger partial charge in [0.05, 0.1) is 36.8 Å². The molecule has 0 unspecified atom stereocenters. The summed E-state index contributed by atoms with van der Waals surface area (Å²) < 4.78 is 42.6. The summed E-state index contributed by atoms with van der Waals surface area (Å²) in [4.78, 5) is 11.4. The van der Waals surface area contributed by atoms with Crippen molar-refractivity contribution < 1.29 is 22.3 Å². The molecule has 0 fully saturated rings. The third-order valence-corrected chi connectivity index (χ3v) is 4.24. The zero-order valence-corrected chi connectivity index (χ0v) is 13.2. The Morgan fingerprint density at radius 1 is 1.27 bits per heavy atom. The molecule has 1 aromatic heterocycles. The van der Waals surface area contributed by atoms with E-state index in [0.717, 1.165) is 0 Å². The minimum absolute atomic E-state index is 0.0745. The molecular weight excluding hydrogens is 312 g/mol. The van der Waals surface area contributed by atoms with Gasteiger partial charge in [-0.15, -0.1) is 0 Å². The van der Waals surface area contributed by atoms with Crippen LogP contribution in [0.1, 0.15) is 0 Å². The number of rotatable bonds is 8. The molecule has 9 heteroatoms. The number of nitrogens with one attached hydrogen (secondary N) is 1. The Bertz CT molecular complexity index is 792. The lowest BCUT2D eigenvalue weighted by atomic mass is 10.3. The zero-order valence-electron chi connectivity index (χ0n) is 12.4. The highest BCUT2D eigenvalue weighted by Crippen LogP contribution is 2.18. The topological polar surface area (TPSA) is 99.8 Å². The molecule has 22 heavy (non-hydrogen) atoms. The number of anilines is 1. The van der Waals surface area contributed by atoms with Crippen LogP contribution in [0.4, 0.5) is 5.69 Å². The van der Waals surface area contributed by atoms with Crippen molar-refractivity contribution in [3.05, 3.63) is 28.7 Å². The average Bonchev–Trinajstić information content (AvgIpc) is 2.74. The van der Waals surface area contributed by atoms with E-state index >= 15 is 0 Å². The predicted octanol–water partition coefficient (Wildman–Crippen LogP) is 0.536. The molecule has 1 N–H and O–H groups in total. The summed E-state index contributed by atoms with van der Waals surface area (Å²) in [5, 5.41) is 0. The Morgan fingerprint density at radius 3 is 2.77 bits per heavy atom. The van der Waals surface area contributed by atoms with Crippen LogP contribution in [0.2, 0.25) is 0 Å². The molecule has 0 amide bonds. The first-order chi connectivity index (χ1) is 10.4. The van der Waals surface area contributed by atoms with Crippen LogP contribution in [-0.2, 0) is 26.5 Å². The standard InChI is InChI=1S/C13H18N2O6S/c1-15-11-9-10(3-4-12(11)21-13(15)16)14-22(17,18)8-7-20-6-5-19-2/h3-4,9,14H,5-8H2,1-2H3. The van der Waals surface area contributed by atoms with E-state index in [4.69, 9.17) is 13.9 Å². The zero-order chi connectivity index (χ0) is 16.2. The largest absolute Gasteiger partial charge is 0.419 e. The van der Waals surface area contributed by atoms with Gasteiger partial charge in [0.2, 0.25) is 10.0 Å². The van der Waals surface area contributed by atoms with Gasteiger partial charge in [0.1, 0.15) is 0 Å². The van der Waals surface area contributed by atoms with E-state index in [1.54, 1.807) is 26.3 Å². The van der Waals surface area contributed by atoms with Crippen LogP contribution in [0, 0.1) is 0 Å². The summed E-state index contributed by atoms with van der Waals surface area (Å²) in [5.74, 6) is -0.666. The highest BCUT2D eigenvalue weighted by Gasteiger charge is 2.12. The molecule has 2 aromatic rings. The van der Waals surface area contributed by atoms with Gasteiger partial charge in [-0.25, -0.2) is 13.2 Å². The van der Waals surface area contributed by atoms with Crippen LogP contribution in [0.3, 0.4) is 0 Å². The van der Waals surface area contributed by atoms with Gasteiger partial charge in [0.15, 0.2) is 5.58 Å². The van der Waals surface area contributed by atoms with Crippen LogP contribution in [0.5, 0.6) is 0 Å². The number of methoxy groups -OCH3 is 1. The second-order valence-corrected chi connectivity index (χ2v) is 6.48. The van der Waals surface area contributed by atoms with E-state index in [-0.39, 0.29) is 12.4 Å². The lowest BCUT2D eigenvalue weighted by Gasteiger charge is -2.08. The molecule has 122 valence electrons. The van der Waals surface area contributed by atoms with Crippen molar-refractivity contribution >= 4 is 26.8 Å². The Balaban J connectivity index is 2.03. The van der Waals surface area contributed by atoms with Crippen molar-refractivity contribution in [3.8, 4) is 0 Å². The maximum Gasteiger partial charge on any atom is 0.419 e. The van der Waals surface area contributed by atoms with Gasteiger partial charge >= 0.3 is 5.76 Å². The molecule has 1 heterocycles. The first kappa shape index (κ1) is 16.5. The number of benzene rings is 1. The van der Waals surface area contributed by atoms with Gasteiger partial charge in [-0.1, -0.05) is 0 Å². The van der Waals surface area contributed by atoms with E-state index in [1.807, 2.05) is 0 Å². The van der Waals surface area contributed by atoms with Crippen molar-refractivity contribution in [2.24, 2.45) is 7.05 Å². The van der Waals surface area contributed by atoms with Crippen molar-refractivity contribution in [1.29, 1.82) is 0 Å². The number of hydrogen-bond acceptors (Lipinski definition) is 6. The van der Waals surface area contributed by atoms with E-state index in [0.29, 0.717) is 30.0 Å².